The van der Waals surface area contributed by atoms with Gasteiger partial charge in [0.1, 0.15) is 0 Å². The molecule has 0 spiro atoms. The van der Waals surface area contributed by atoms with E-state index < -0.39 is 0 Å². The van der Waals surface area contributed by atoms with Crippen LogP contribution in [0.25, 0.3) is 12.7 Å². The predicted octanol–water partition coefficient (Wildman–Crippen LogP) is 1.64. The summed E-state index contributed by atoms with van der Waals surface area (Å²) in [5.41, 5.74) is 4.97. The zero-order chi connectivity index (χ0) is 16.3. The van der Waals surface area contributed by atoms with E-state index in [0.717, 1.165) is 22.9 Å². The molecule has 1 aromatic heterocycles. The summed E-state index contributed by atoms with van der Waals surface area (Å²) in [6.45, 7) is 11.8. The van der Waals surface area contributed by atoms with Crippen LogP contribution < -0.4 is 21.3 Å². The number of benzene rings is 1. The molecule has 0 saturated heterocycles. The predicted molar refractivity (Wildman–Crippen MR) is 92.3 cm³/mol. The van der Waals surface area contributed by atoms with Gasteiger partial charge in [0.25, 0.3) is 5.68 Å². The number of hydrogen-bond donors (Lipinski definition) is 0. The van der Waals surface area contributed by atoms with Gasteiger partial charge in [0.2, 0.25) is 0 Å². The summed E-state index contributed by atoms with van der Waals surface area (Å²) in [7, 11) is 4.10. The summed E-state index contributed by atoms with van der Waals surface area (Å²) in [5, 5.41) is 0.865. The molecule has 22 heavy (non-hydrogen) atoms. The number of aryl methyl sites for hydroxylation is 1. The molecule has 0 N–H and O–H groups in total. The molecule has 2 aromatic rings. The second kappa shape index (κ2) is 6.69. The molecule has 2 rings (SSSR count). The maximum atomic E-state index is 5.87. The molecule has 0 bridgehead atoms. The summed E-state index contributed by atoms with van der Waals surface area (Å²) >= 11 is 0. The lowest BCUT2D eigenvalue weighted by atomic mass is 10.1. The maximum absolute atomic E-state index is 5.87. The van der Waals surface area contributed by atoms with Crippen molar-refractivity contribution < 1.29 is 4.42 Å². The van der Waals surface area contributed by atoms with Crippen LogP contribution in [0.4, 0.5) is 5.69 Å². The average molecular weight is 299 g/mol. The first kappa shape index (κ1) is 16.1. The lowest BCUT2D eigenvalue weighted by molar-refractivity contribution is 0.440. The molecule has 0 radical (unpaired) electrons. The SMILES string of the molecule is C=c1/c(=C\c2ccc(N(C)C)c(C)c2)oc(=NCC)n1CC. The smallest absolute Gasteiger partial charge is 0.297 e. The third-order valence-corrected chi connectivity index (χ3v) is 3.65. The van der Waals surface area contributed by atoms with Crippen LogP contribution in [0.3, 0.4) is 0 Å². The Labute approximate surface area is 131 Å². The van der Waals surface area contributed by atoms with Crippen LogP contribution in [-0.4, -0.2) is 25.2 Å². The fraction of sp³-hybridized carbons (Fsp3) is 0.389. The Morgan fingerprint density at radius 2 is 2.05 bits per heavy atom. The summed E-state index contributed by atoms with van der Waals surface area (Å²) in [4.78, 5) is 6.50. The van der Waals surface area contributed by atoms with Gasteiger partial charge in [-0.15, -0.1) is 0 Å². The second-order valence-electron chi connectivity index (χ2n) is 5.50. The van der Waals surface area contributed by atoms with Crippen molar-refractivity contribution in [1.82, 2.24) is 4.57 Å². The zero-order valence-corrected chi connectivity index (χ0v) is 14.2. The molecule has 0 unspecified atom stereocenters. The third kappa shape index (κ3) is 3.16. The molecule has 0 amide bonds. The number of oxazole rings is 1. The maximum Gasteiger partial charge on any atom is 0.297 e. The van der Waals surface area contributed by atoms with Crippen molar-refractivity contribution in [3.8, 4) is 0 Å². The highest BCUT2D eigenvalue weighted by Gasteiger charge is 2.03. The number of nitrogens with zero attached hydrogens (tertiary/aromatic N) is 3. The highest BCUT2D eigenvalue weighted by Crippen LogP contribution is 2.19. The van der Waals surface area contributed by atoms with Gasteiger partial charge < -0.3 is 9.32 Å². The minimum atomic E-state index is 0.642. The van der Waals surface area contributed by atoms with Gasteiger partial charge in [-0.3, -0.25) is 4.57 Å². The van der Waals surface area contributed by atoms with Crippen LogP contribution in [0.2, 0.25) is 0 Å². The summed E-state index contributed by atoms with van der Waals surface area (Å²) in [6.07, 6.45) is 2.02. The van der Waals surface area contributed by atoms with Crippen LogP contribution in [0.1, 0.15) is 25.0 Å². The largest absolute Gasteiger partial charge is 0.424 e. The Morgan fingerprint density at radius 1 is 1.32 bits per heavy atom. The quantitative estimate of drug-likeness (QED) is 0.860. The van der Waals surface area contributed by atoms with E-state index in [-0.39, 0.29) is 0 Å². The Morgan fingerprint density at radius 3 is 2.59 bits per heavy atom. The molecule has 1 aromatic carbocycles. The molecular formula is C18H25N3O. The molecule has 0 atom stereocenters. The molecule has 0 aliphatic rings. The van der Waals surface area contributed by atoms with E-state index >= 15 is 0 Å². The number of anilines is 1. The molecule has 4 heteroatoms. The summed E-state index contributed by atoms with van der Waals surface area (Å²) < 4.78 is 7.86. The molecule has 1 heterocycles. The van der Waals surface area contributed by atoms with E-state index in [9.17, 15) is 0 Å². The molecule has 118 valence electrons. The lowest BCUT2D eigenvalue weighted by Gasteiger charge is -2.15. The molecule has 0 fully saturated rings. The van der Waals surface area contributed by atoms with Crippen molar-refractivity contribution in [2.45, 2.75) is 27.3 Å². The molecule has 4 nitrogen and oxygen atoms in total. The van der Waals surface area contributed by atoms with Crippen molar-refractivity contribution in [1.29, 1.82) is 0 Å². The number of aromatic nitrogens is 1. The molecule has 0 saturated carbocycles. The van der Waals surface area contributed by atoms with Crippen LogP contribution in [-0.2, 0) is 6.54 Å². The van der Waals surface area contributed by atoms with Gasteiger partial charge in [-0.1, -0.05) is 12.6 Å². The lowest BCUT2D eigenvalue weighted by Crippen LogP contribution is -2.30. The van der Waals surface area contributed by atoms with Crippen LogP contribution >= 0.6 is 0 Å². The number of hydrogen-bond acceptors (Lipinski definition) is 3. The standard InChI is InChI=1S/C18H25N3O/c1-7-19-18-21(8-2)14(4)17(22-18)12-15-9-10-16(20(5)6)13(3)11-15/h9-12H,4,7-8H2,1-3,5-6H3/b17-12+,19-18?. The Balaban J connectivity index is 2.57. The van der Waals surface area contributed by atoms with Gasteiger partial charge in [0.15, 0.2) is 5.42 Å². The van der Waals surface area contributed by atoms with Crippen LogP contribution in [0.15, 0.2) is 27.6 Å². The van der Waals surface area contributed by atoms with Crippen LogP contribution in [0, 0.1) is 6.92 Å². The first-order valence-corrected chi connectivity index (χ1v) is 7.66. The monoisotopic (exact) mass is 299 g/mol. The average Bonchev–Trinajstić information content (AvgIpc) is 2.74. The normalized spacial score (nSPS) is 13.0. The van der Waals surface area contributed by atoms with Crippen LogP contribution in [0.5, 0.6) is 0 Å². The van der Waals surface area contributed by atoms with E-state index in [0.29, 0.717) is 12.2 Å². The van der Waals surface area contributed by atoms with Crippen molar-refractivity contribution in [3.05, 3.63) is 45.8 Å². The van der Waals surface area contributed by atoms with Crippen molar-refractivity contribution in [2.24, 2.45) is 4.99 Å². The van der Waals surface area contributed by atoms with E-state index in [4.69, 9.17) is 4.42 Å². The third-order valence-electron chi connectivity index (χ3n) is 3.65. The summed E-state index contributed by atoms with van der Waals surface area (Å²) in [5.74, 6) is 0. The molecule has 0 aliphatic carbocycles. The molecular weight excluding hydrogens is 274 g/mol. The Hall–Kier alpha value is -2.23. The first-order valence-electron chi connectivity index (χ1n) is 7.66. The van der Waals surface area contributed by atoms with E-state index in [2.05, 4.69) is 62.6 Å². The second-order valence-corrected chi connectivity index (χ2v) is 5.50. The van der Waals surface area contributed by atoms with Gasteiger partial charge in [-0.25, -0.2) is 4.99 Å². The fourth-order valence-electron chi connectivity index (χ4n) is 2.57. The van der Waals surface area contributed by atoms with Gasteiger partial charge in [-0.2, -0.15) is 0 Å². The molecule has 0 aliphatic heterocycles. The van der Waals surface area contributed by atoms with Gasteiger partial charge >= 0.3 is 0 Å². The van der Waals surface area contributed by atoms with Crippen molar-refractivity contribution in [3.63, 3.8) is 0 Å². The first-order chi connectivity index (χ1) is 10.5. The van der Waals surface area contributed by atoms with Crippen molar-refractivity contribution in [2.75, 3.05) is 25.5 Å². The zero-order valence-electron chi connectivity index (χ0n) is 14.2. The summed E-state index contributed by atoms with van der Waals surface area (Å²) in [6, 6.07) is 6.37. The minimum Gasteiger partial charge on any atom is -0.424 e. The Kier molecular flexibility index (Phi) is 4.91. The van der Waals surface area contributed by atoms with Gasteiger partial charge in [0.05, 0.1) is 5.35 Å². The highest BCUT2D eigenvalue weighted by molar-refractivity contribution is 5.59. The van der Waals surface area contributed by atoms with Gasteiger partial charge in [-0.05, 0) is 50.1 Å². The Bertz CT molecular complexity index is 825. The van der Waals surface area contributed by atoms with Crippen molar-refractivity contribution >= 4 is 18.3 Å². The number of rotatable bonds is 4. The van der Waals surface area contributed by atoms with E-state index in [1.165, 1.54) is 11.3 Å². The topological polar surface area (TPSA) is 33.7 Å². The van der Waals surface area contributed by atoms with E-state index in [1.54, 1.807) is 0 Å². The van der Waals surface area contributed by atoms with E-state index in [1.807, 2.05) is 17.6 Å². The van der Waals surface area contributed by atoms with Gasteiger partial charge in [0, 0.05) is 32.9 Å². The highest BCUT2D eigenvalue weighted by atomic mass is 16.3. The minimum absolute atomic E-state index is 0.642. The fourth-order valence-corrected chi connectivity index (χ4v) is 2.57.